The predicted molar refractivity (Wildman–Crippen MR) is 93.1 cm³/mol. The Bertz CT molecular complexity index is 992. The van der Waals surface area contributed by atoms with E-state index in [4.69, 9.17) is 4.42 Å². The van der Waals surface area contributed by atoms with Gasteiger partial charge in [-0.25, -0.2) is 0 Å². The van der Waals surface area contributed by atoms with Crippen LogP contribution >= 0.6 is 11.8 Å². The normalized spacial score (nSPS) is 11.0. The number of Topliss-reactive ketones (excluding diaryl/α,β-unsaturated/α-hetero) is 1. The van der Waals surface area contributed by atoms with Gasteiger partial charge in [0.15, 0.2) is 5.78 Å². The van der Waals surface area contributed by atoms with Crippen molar-refractivity contribution in [3.8, 4) is 11.5 Å². The number of hydrogen-bond donors (Lipinski definition) is 1. The van der Waals surface area contributed by atoms with Crippen LogP contribution in [0, 0.1) is 0 Å². The van der Waals surface area contributed by atoms with E-state index in [1.54, 1.807) is 6.20 Å². The third-order valence-corrected chi connectivity index (χ3v) is 4.46. The fourth-order valence-corrected chi connectivity index (χ4v) is 3.12. The molecule has 0 unspecified atom stereocenters. The first-order valence-electron chi connectivity index (χ1n) is 7.42. The highest BCUT2D eigenvalue weighted by Gasteiger charge is 2.15. The molecule has 0 bridgehead atoms. The number of aromatic amines is 1. The molecule has 2 heterocycles. The predicted octanol–water partition coefficient (Wildman–Crippen LogP) is 4.19. The molecule has 118 valence electrons. The van der Waals surface area contributed by atoms with Crippen molar-refractivity contribution in [1.82, 2.24) is 15.2 Å². The summed E-state index contributed by atoms with van der Waals surface area (Å²) in [6.07, 6.45) is 1.75. The lowest BCUT2D eigenvalue weighted by atomic mass is 10.1. The van der Waals surface area contributed by atoms with Crippen LogP contribution in [0.25, 0.3) is 22.4 Å². The van der Waals surface area contributed by atoms with Gasteiger partial charge in [-0.05, 0) is 18.2 Å². The number of hydrogen-bond acceptors (Lipinski definition) is 5. The standard InChI is InChI=1S/C18H13N3O2S/c22-16(14-10-19-15-9-5-4-8-13(14)15)11-24-18-21-20-17(23-18)12-6-2-1-3-7-12/h1-10,19H,11H2. The Balaban J connectivity index is 1.47. The van der Waals surface area contributed by atoms with E-state index >= 15 is 0 Å². The lowest BCUT2D eigenvalue weighted by Crippen LogP contribution is -2.01. The molecule has 0 amide bonds. The minimum Gasteiger partial charge on any atom is -0.411 e. The van der Waals surface area contributed by atoms with Crippen LogP contribution in [0.2, 0.25) is 0 Å². The average molecular weight is 335 g/mol. The molecule has 6 heteroatoms. The van der Waals surface area contributed by atoms with Crippen LogP contribution in [-0.4, -0.2) is 26.7 Å². The molecule has 0 aliphatic heterocycles. The highest BCUT2D eigenvalue weighted by atomic mass is 32.2. The molecule has 0 aliphatic rings. The summed E-state index contributed by atoms with van der Waals surface area (Å²) < 4.78 is 5.61. The van der Waals surface area contributed by atoms with Crippen molar-refractivity contribution < 1.29 is 9.21 Å². The number of benzene rings is 2. The quantitative estimate of drug-likeness (QED) is 0.437. The van der Waals surface area contributed by atoms with Crippen LogP contribution in [-0.2, 0) is 0 Å². The van der Waals surface area contributed by atoms with E-state index in [-0.39, 0.29) is 11.5 Å². The summed E-state index contributed by atoms with van der Waals surface area (Å²) in [6, 6.07) is 17.3. The lowest BCUT2D eigenvalue weighted by molar-refractivity contribution is 0.102. The van der Waals surface area contributed by atoms with Crippen molar-refractivity contribution >= 4 is 28.4 Å². The molecule has 4 aromatic rings. The van der Waals surface area contributed by atoms with E-state index < -0.39 is 0 Å². The molecule has 0 saturated carbocycles. The summed E-state index contributed by atoms with van der Waals surface area (Å²) in [5, 5.41) is 9.34. The number of nitrogens with zero attached hydrogens (tertiary/aromatic N) is 2. The first-order chi connectivity index (χ1) is 11.8. The fourth-order valence-electron chi connectivity index (χ4n) is 2.47. The molecule has 0 radical (unpaired) electrons. The Labute approximate surface area is 142 Å². The number of thioether (sulfide) groups is 1. The summed E-state index contributed by atoms with van der Waals surface area (Å²) in [6.45, 7) is 0. The summed E-state index contributed by atoms with van der Waals surface area (Å²) >= 11 is 1.25. The summed E-state index contributed by atoms with van der Waals surface area (Å²) in [4.78, 5) is 15.6. The Hall–Kier alpha value is -2.86. The van der Waals surface area contributed by atoms with Gasteiger partial charge in [0.1, 0.15) is 0 Å². The average Bonchev–Trinajstić information content (AvgIpc) is 3.27. The Morgan fingerprint density at radius 2 is 1.83 bits per heavy atom. The molecule has 0 fully saturated rings. The number of para-hydroxylation sites is 1. The molecule has 0 aliphatic carbocycles. The van der Waals surface area contributed by atoms with Crippen molar-refractivity contribution in [2.24, 2.45) is 0 Å². The molecule has 4 rings (SSSR count). The van der Waals surface area contributed by atoms with Gasteiger partial charge in [0.25, 0.3) is 5.22 Å². The van der Waals surface area contributed by atoms with Gasteiger partial charge in [0.05, 0.1) is 5.75 Å². The maximum absolute atomic E-state index is 12.4. The lowest BCUT2D eigenvalue weighted by Gasteiger charge is -1.97. The van der Waals surface area contributed by atoms with E-state index in [2.05, 4.69) is 15.2 Å². The number of nitrogens with one attached hydrogen (secondary N) is 1. The second-order valence-corrected chi connectivity index (χ2v) is 6.13. The van der Waals surface area contributed by atoms with Gasteiger partial charge in [-0.1, -0.05) is 48.2 Å². The van der Waals surface area contributed by atoms with Gasteiger partial charge in [-0.15, -0.1) is 10.2 Å². The third kappa shape index (κ3) is 2.83. The third-order valence-electron chi connectivity index (χ3n) is 3.64. The van der Waals surface area contributed by atoms with Crippen LogP contribution in [0.3, 0.4) is 0 Å². The number of fused-ring (bicyclic) bond motifs is 1. The van der Waals surface area contributed by atoms with Crippen LogP contribution < -0.4 is 0 Å². The number of ketones is 1. The van der Waals surface area contributed by atoms with Crippen molar-refractivity contribution in [1.29, 1.82) is 0 Å². The van der Waals surface area contributed by atoms with Crippen LogP contribution in [0.1, 0.15) is 10.4 Å². The van der Waals surface area contributed by atoms with Crippen molar-refractivity contribution in [3.05, 3.63) is 66.4 Å². The number of carbonyl (C=O) groups is 1. The van der Waals surface area contributed by atoms with Crippen molar-refractivity contribution in [3.63, 3.8) is 0 Å². The summed E-state index contributed by atoms with van der Waals surface area (Å²) in [5.41, 5.74) is 2.50. The number of rotatable bonds is 5. The summed E-state index contributed by atoms with van der Waals surface area (Å²) in [5.74, 6) is 0.729. The topological polar surface area (TPSA) is 71.8 Å². The molecular formula is C18H13N3O2S. The SMILES string of the molecule is O=C(CSc1nnc(-c2ccccc2)o1)c1c[nH]c2ccccc12. The van der Waals surface area contributed by atoms with E-state index in [9.17, 15) is 4.79 Å². The zero-order chi connectivity index (χ0) is 16.4. The number of aromatic nitrogens is 3. The largest absolute Gasteiger partial charge is 0.411 e. The Morgan fingerprint density at radius 3 is 2.71 bits per heavy atom. The zero-order valence-corrected chi connectivity index (χ0v) is 13.4. The number of carbonyl (C=O) groups excluding carboxylic acids is 1. The summed E-state index contributed by atoms with van der Waals surface area (Å²) in [7, 11) is 0. The molecule has 1 N–H and O–H groups in total. The second kappa shape index (κ2) is 6.33. The highest BCUT2D eigenvalue weighted by molar-refractivity contribution is 7.99. The van der Waals surface area contributed by atoms with Gasteiger partial charge >= 0.3 is 0 Å². The fraction of sp³-hybridized carbons (Fsp3) is 0.0556. The highest BCUT2D eigenvalue weighted by Crippen LogP contribution is 2.25. The first kappa shape index (κ1) is 14.7. The van der Waals surface area contributed by atoms with Crippen LogP contribution in [0.5, 0.6) is 0 Å². The van der Waals surface area contributed by atoms with Crippen molar-refractivity contribution in [2.75, 3.05) is 5.75 Å². The molecule has 5 nitrogen and oxygen atoms in total. The van der Waals surface area contributed by atoms with Crippen molar-refractivity contribution in [2.45, 2.75) is 5.22 Å². The van der Waals surface area contributed by atoms with Gasteiger partial charge in [0, 0.05) is 28.2 Å². The zero-order valence-electron chi connectivity index (χ0n) is 12.6. The Morgan fingerprint density at radius 1 is 1.04 bits per heavy atom. The van der Waals surface area contributed by atoms with Gasteiger partial charge in [0.2, 0.25) is 5.89 Å². The minimum atomic E-state index is 0.0249. The van der Waals surface area contributed by atoms with E-state index in [0.717, 1.165) is 16.5 Å². The van der Waals surface area contributed by atoms with E-state index in [1.165, 1.54) is 11.8 Å². The number of H-pyrrole nitrogens is 1. The van der Waals surface area contributed by atoms with Crippen LogP contribution in [0.4, 0.5) is 0 Å². The second-order valence-electron chi connectivity index (χ2n) is 5.20. The molecule has 0 saturated heterocycles. The van der Waals surface area contributed by atoms with Gasteiger partial charge < -0.3 is 9.40 Å². The smallest absolute Gasteiger partial charge is 0.277 e. The molecule has 0 spiro atoms. The van der Waals surface area contributed by atoms with Gasteiger partial charge in [-0.2, -0.15) is 0 Å². The molecular weight excluding hydrogens is 322 g/mol. The Kier molecular flexibility index (Phi) is 3.88. The monoisotopic (exact) mass is 335 g/mol. The first-order valence-corrected chi connectivity index (χ1v) is 8.41. The van der Waals surface area contributed by atoms with E-state index in [1.807, 2.05) is 54.6 Å². The minimum absolute atomic E-state index is 0.0249. The molecule has 0 atom stereocenters. The van der Waals surface area contributed by atoms with E-state index in [0.29, 0.717) is 16.7 Å². The molecule has 24 heavy (non-hydrogen) atoms. The maximum Gasteiger partial charge on any atom is 0.277 e. The van der Waals surface area contributed by atoms with Crippen LogP contribution in [0.15, 0.2) is 70.4 Å². The molecule has 2 aromatic carbocycles. The van der Waals surface area contributed by atoms with Gasteiger partial charge in [-0.3, -0.25) is 4.79 Å². The molecule has 2 aromatic heterocycles. The maximum atomic E-state index is 12.4.